The molecule has 17 heavy (non-hydrogen) atoms. The summed E-state index contributed by atoms with van der Waals surface area (Å²) in [6.07, 6.45) is 4.15. The summed E-state index contributed by atoms with van der Waals surface area (Å²) in [6.45, 7) is 8.20. The van der Waals surface area contributed by atoms with Gasteiger partial charge in [0.15, 0.2) is 0 Å². The van der Waals surface area contributed by atoms with Crippen molar-refractivity contribution in [2.24, 2.45) is 0 Å². The molecule has 4 nitrogen and oxygen atoms in total. The molecule has 0 spiro atoms. The molecular weight excluding hydrogens is 220 g/mol. The van der Waals surface area contributed by atoms with Crippen molar-refractivity contribution in [3.8, 4) is 0 Å². The number of ether oxygens (including phenoxy) is 4. The number of hydrogen-bond donors (Lipinski definition) is 0. The molecule has 1 unspecified atom stereocenters. The topological polar surface area (TPSA) is 36.9 Å². The summed E-state index contributed by atoms with van der Waals surface area (Å²) in [5.41, 5.74) is 0. The van der Waals surface area contributed by atoms with Gasteiger partial charge in [-0.25, -0.2) is 0 Å². The Kier molecular flexibility index (Phi) is 8.61. The Morgan fingerprint density at radius 3 is 2.53 bits per heavy atom. The average molecular weight is 246 g/mol. The predicted octanol–water partition coefficient (Wildman–Crippen LogP) is 2.01. The predicted molar refractivity (Wildman–Crippen MR) is 66.3 cm³/mol. The molecule has 0 amide bonds. The molecule has 1 atom stereocenters. The molecule has 0 N–H and O–H groups in total. The van der Waals surface area contributed by atoms with E-state index in [9.17, 15) is 0 Å². The van der Waals surface area contributed by atoms with Crippen LogP contribution in [0.15, 0.2) is 0 Å². The van der Waals surface area contributed by atoms with Gasteiger partial charge in [0.25, 0.3) is 0 Å². The highest BCUT2D eigenvalue weighted by Gasteiger charge is 2.13. The first kappa shape index (κ1) is 14.9. The zero-order valence-corrected chi connectivity index (χ0v) is 11.2. The lowest BCUT2D eigenvalue weighted by atomic mass is 10.1. The van der Waals surface area contributed by atoms with E-state index >= 15 is 0 Å². The maximum atomic E-state index is 5.56. The van der Waals surface area contributed by atoms with Gasteiger partial charge in [0.2, 0.25) is 0 Å². The third kappa shape index (κ3) is 8.55. The van der Waals surface area contributed by atoms with E-state index in [1.54, 1.807) is 0 Å². The summed E-state index contributed by atoms with van der Waals surface area (Å²) >= 11 is 0. The van der Waals surface area contributed by atoms with Crippen LogP contribution in [0.3, 0.4) is 0 Å². The molecule has 0 aliphatic carbocycles. The van der Waals surface area contributed by atoms with Crippen molar-refractivity contribution in [3.05, 3.63) is 0 Å². The molecule has 102 valence electrons. The Bertz CT molecular complexity index is 167. The molecule has 1 fully saturated rings. The van der Waals surface area contributed by atoms with Gasteiger partial charge in [-0.2, -0.15) is 0 Å². The van der Waals surface area contributed by atoms with E-state index < -0.39 is 0 Å². The van der Waals surface area contributed by atoms with Gasteiger partial charge in [0, 0.05) is 6.61 Å². The highest BCUT2D eigenvalue weighted by atomic mass is 16.6. The molecule has 0 saturated carbocycles. The van der Waals surface area contributed by atoms with Crippen molar-refractivity contribution >= 4 is 0 Å². The smallest absolute Gasteiger partial charge is 0.0808 e. The highest BCUT2D eigenvalue weighted by Crippen LogP contribution is 2.12. The second-order valence-corrected chi connectivity index (χ2v) is 4.60. The van der Waals surface area contributed by atoms with Crippen molar-refractivity contribution in [1.29, 1.82) is 0 Å². The second-order valence-electron chi connectivity index (χ2n) is 4.60. The first-order chi connectivity index (χ1) is 8.29. The first-order valence-corrected chi connectivity index (χ1v) is 6.67. The molecule has 4 heteroatoms. The van der Waals surface area contributed by atoms with Gasteiger partial charge in [-0.1, -0.05) is 0 Å². The van der Waals surface area contributed by atoms with Crippen LogP contribution in [0, 0.1) is 0 Å². The summed E-state index contributed by atoms with van der Waals surface area (Å²) in [5.74, 6) is 0. The number of rotatable bonds is 9. The molecule has 1 heterocycles. The molecule has 1 saturated heterocycles. The molecule has 0 aromatic rings. The van der Waals surface area contributed by atoms with E-state index in [4.69, 9.17) is 18.9 Å². The molecule has 1 rings (SSSR count). The van der Waals surface area contributed by atoms with E-state index in [1.807, 2.05) is 13.8 Å². The van der Waals surface area contributed by atoms with Crippen LogP contribution in [0.5, 0.6) is 0 Å². The van der Waals surface area contributed by atoms with Crippen LogP contribution in [-0.4, -0.2) is 51.8 Å². The van der Waals surface area contributed by atoms with Crippen molar-refractivity contribution in [1.82, 2.24) is 0 Å². The third-order valence-electron chi connectivity index (χ3n) is 2.63. The number of hydrogen-bond acceptors (Lipinski definition) is 4. The van der Waals surface area contributed by atoms with Gasteiger partial charge in [-0.15, -0.1) is 0 Å². The van der Waals surface area contributed by atoms with Crippen LogP contribution in [-0.2, 0) is 18.9 Å². The zero-order valence-electron chi connectivity index (χ0n) is 11.2. The maximum absolute atomic E-state index is 5.56. The van der Waals surface area contributed by atoms with Crippen molar-refractivity contribution in [3.63, 3.8) is 0 Å². The van der Waals surface area contributed by atoms with Gasteiger partial charge in [-0.05, 0) is 33.1 Å². The lowest BCUT2D eigenvalue weighted by molar-refractivity contribution is -0.0549. The summed E-state index contributed by atoms with van der Waals surface area (Å²) in [4.78, 5) is 0. The Hall–Kier alpha value is -0.160. The van der Waals surface area contributed by atoms with Gasteiger partial charge in [-0.3, -0.25) is 0 Å². The molecule has 0 radical (unpaired) electrons. The normalized spacial score (nSPS) is 21.0. The summed E-state index contributed by atoms with van der Waals surface area (Å²) in [6, 6.07) is 0. The molecule has 0 aromatic heterocycles. The van der Waals surface area contributed by atoms with Crippen LogP contribution in [0.1, 0.15) is 33.1 Å². The minimum absolute atomic E-state index is 0.276. The van der Waals surface area contributed by atoms with Crippen molar-refractivity contribution < 1.29 is 18.9 Å². The Morgan fingerprint density at radius 2 is 1.82 bits per heavy atom. The molecular formula is C13H26O4. The fourth-order valence-corrected chi connectivity index (χ4v) is 1.72. The standard InChI is InChI=1S/C13H26O4/c1-12(2)16-10-9-14-7-8-15-11-13-5-3-4-6-17-13/h12-13H,3-11H2,1-2H3. The van der Waals surface area contributed by atoms with Gasteiger partial charge in [0.1, 0.15) is 0 Å². The molecule has 1 aliphatic heterocycles. The fourth-order valence-electron chi connectivity index (χ4n) is 1.72. The van der Waals surface area contributed by atoms with Gasteiger partial charge >= 0.3 is 0 Å². The summed E-state index contributed by atoms with van der Waals surface area (Å²) < 4.78 is 21.8. The Morgan fingerprint density at radius 1 is 1.06 bits per heavy atom. The average Bonchev–Trinajstić information content (AvgIpc) is 2.33. The van der Waals surface area contributed by atoms with E-state index in [0.29, 0.717) is 39.1 Å². The largest absolute Gasteiger partial charge is 0.377 e. The van der Waals surface area contributed by atoms with Crippen LogP contribution in [0.25, 0.3) is 0 Å². The van der Waals surface area contributed by atoms with E-state index in [-0.39, 0.29) is 6.10 Å². The molecule has 0 aromatic carbocycles. The third-order valence-corrected chi connectivity index (χ3v) is 2.63. The quantitative estimate of drug-likeness (QED) is 0.583. The zero-order chi connectivity index (χ0) is 12.3. The maximum Gasteiger partial charge on any atom is 0.0808 e. The van der Waals surface area contributed by atoms with Crippen LogP contribution >= 0.6 is 0 Å². The Balaban J connectivity index is 1.78. The van der Waals surface area contributed by atoms with Crippen LogP contribution in [0.2, 0.25) is 0 Å². The molecule has 1 aliphatic rings. The Labute approximate surface area is 105 Å². The molecule has 0 bridgehead atoms. The second kappa shape index (κ2) is 9.83. The lowest BCUT2D eigenvalue weighted by Crippen LogP contribution is -2.25. The SMILES string of the molecule is CC(C)OCCOCCOCC1CCCCO1. The minimum atomic E-state index is 0.276. The highest BCUT2D eigenvalue weighted by molar-refractivity contribution is 4.62. The fraction of sp³-hybridized carbons (Fsp3) is 1.00. The van der Waals surface area contributed by atoms with E-state index in [1.165, 1.54) is 12.8 Å². The van der Waals surface area contributed by atoms with Crippen molar-refractivity contribution in [2.45, 2.75) is 45.3 Å². The van der Waals surface area contributed by atoms with E-state index in [2.05, 4.69) is 0 Å². The summed E-state index contributed by atoms with van der Waals surface area (Å²) in [7, 11) is 0. The minimum Gasteiger partial charge on any atom is -0.377 e. The summed E-state index contributed by atoms with van der Waals surface area (Å²) in [5, 5.41) is 0. The lowest BCUT2D eigenvalue weighted by Gasteiger charge is -2.22. The first-order valence-electron chi connectivity index (χ1n) is 6.67. The monoisotopic (exact) mass is 246 g/mol. The van der Waals surface area contributed by atoms with Crippen LogP contribution < -0.4 is 0 Å². The van der Waals surface area contributed by atoms with E-state index in [0.717, 1.165) is 13.0 Å². The van der Waals surface area contributed by atoms with Gasteiger partial charge < -0.3 is 18.9 Å². The van der Waals surface area contributed by atoms with Crippen LogP contribution in [0.4, 0.5) is 0 Å². The van der Waals surface area contributed by atoms with Gasteiger partial charge in [0.05, 0.1) is 45.2 Å². The van der Waals surface area contributed by atoms with Crippen molar-refractivity contribution in [2.75, 3.05) is 39.6 Å².